The molecule has 112 valence electrons. The zero-order valence-electron chi connectivity index (χ0n) is 11.9. The minimum atomic E-state index is 0.0920. The number of hydrogen-bond donors (Lipinski definition) is 3. The predicted molar refractivity (Wildman–Crippen MR) is 85.2 cm³/mol. The van der Waals surface area contributed by atoms with Gasteiger partial charge in [0.15, 0.2) is 5.84 Å². The smallest absolute Gasteiger partial charge is 0.170 e. The number of nitrogens with two attached hydrogens (primary N) is 1. The van der Waals surface area contributed by atoms with Gasteiger partial charge in [-0.2, -0.15) is 11.3 Å². The lowest BCUT2D eigenvalue weighted by Crippen LogP contribution is -2.20. The third-order valence-electron chi connectivity index (χ3n) is 3.08. The molecule has 5 nitrogen and oxygen atoms in total. The van der Waals surface area contributed by atoms with Crippen molar-refractivity contribution in [2.24, 2.45) is 10.9 Å². The fraction of sp³-hybridized carbons (Fsp3) is 0.267. The maximum absolute atomic E-state index is 8.58. The van der Waals surface area contributed by atoms with E-state index in [2.05, 4.69) is 28.2 Å². The van der Waals surface area contributed by atoms with E-state index in [-0.39, 0.29) is 5.84 Å². The van der Waals surface area contributed by atoms with Gasteiger partial charge < -0.3 is 21.0 Å². The Morgan fingerprint density at radius 2 is 2.10 bits per heavy atom. The highest BCUT2D eigenvalue weighted by Crippen LogP contribution is 2.13. The van der Waals surface area contributed by atoms with Crippen molar-refractivity contribution in [2.45, 2.75) is 13.5 Å². The van der Waals surface area contributed by atoms with Gasteiger partial charge in [0.25, 0.3) is 0 Å². The first kappa shape index (κ1) is 15.3. The molecule has 0 saturated carbocycles. The molecule has 0 aliphatic rings. The number of nitrogens with zero attached hydrogens (tertiary/aromatic N) is 1. The highest BCUT2D eigenvalue weighted by Gasteiger charge is 2.00. The first-order chi connectivity index (χ1) is 10.2. The van der Waals surface area contributed by atoms with Crippen molar-refractivity contribution in [2.75, 3.05) is 13.2 Å². The van der Waals surface area contributed by atoms with E-state index in [0.717, 1.165) is 18.8 Å². The molecule has 0 radical (unpaired) electrons. The number of aryl methyl sites for hydroxylation is 1. The molecule has 6 heteroatoms. The van der Waals surface area contributed by atoms with Gasteiger partial charge in [0.05, 0.1) is 0 Å². The van der Waals surface area contributed by atoms with E-state index in [9.17, 15) is 0 Å². The number of oxime groups is 1. The molecule has 2 aromatic rings. The Hall–Kier alpha value is -2.05. The van der Waals surface area contributed by atoms with Crippen molar-refractivity contribution in [1.82, 2.24) is 5.32 Å². The van der Waals surface area contributed by atoms with Crippen LogP contribution in [0.15, 0.2) is 40.2 Å². The van der Waals surface area contributed by atoms with Crippen LogP contribution in [0.4, 0.5) is 0 Å². The quantitative estimate of drug-likeness (QED) is 0.241. The van der Waals surface area contributed by atoms with Crippen LogP contribution in [0.5, 0.6) is 5.75 Å². The summed E-state index contributed by atoms with van der Waals surface area (Å²) in [5.41, 5.74) is 8.82. The van der Waals surface area contributed by atoms with E-state index in [1.165, 1.54) is 11.1 Å². The van der Waals surface area contributed by atoms with E-state index >= 15 is 0 Å². The van der Waals surface area contributed by atoms with Crippen LogP contribution in [0.1, 0.15) is 16.7 Å². The van der Waals surface area contributed by atoms with Gasteiger partial charge in [-0.1, -0.05) is 5.16 Å². The second-order valence-corrected chi connectivity index (χ2v) is 5.36. The third-order valence-corrected chi connectivity index (χ3v) is 3.99. The Morgan fingerprint density at radius 1 is 1.33 bits per heavy atom. The van der Waals surface area contributed by atoms with E-state index in [1.54, 1.807) is 35.6 Å². The third kappa shape index (κ3) is 4.47. The standard InChI is InChI=1S/C15H19N3O2S/c1-11-9-21-10-13(11)8-17-6-7-20-14-4-2-12(3-5-14)15(16)18-19/h2-5,9-10,17,19H,6-8H2,1H3,(H2,16,18). The molecule has 0 atom stereocenters. The van der Waals surface area contributed by atoms with E-state index in [0.29, 0.717) is 12.2 Å². The molecule has 1 heterocycles. The summed E-state index contributed by atoms with van der Waals surface area (Å²) < 4.78 is 5.62. The number of nitrogens with one attached hydrogen (secondary N) is 1. The molecule has 0 unspecified atom stereocenters. The van der Waals surface area contributed by atoms with Gasteiger partial charge in [-0.3, -0.25) is 0 Å². The Labute approximate surface area is 128 Å². The van der Waals surface area contributed by atoms with Gasteiger partial charge in [-0.15, -0.1) is 0 Å². The van der Waals surface area contributed by atoms with Crippen LogP contribution < -0.4 is 15.8 Å². The Morgan fingerprint density at radius 3 is 2.71 bits per heavy atom. The monoisotopic (exact) mass is 305 g/mol. The summed E-state index contributed by atoms with van der Waals surface area (Å²) in [4.78, 5) is 0. The zero-order chi connectivity index (χ0) is 15.1. The molecule has 0 aliphatic heterocycles. The van der Waals surface area contributed by atoms with Crippen molar-refractivity contribution < 1.29 is 9.94 Å². The van der Waals surface area contributed by atoms with Crippen molar-refractivity contribution in [3.05, 3.63) is 51.7 Å². The molecule has 0 fully saturated rings. The summed E-state index contributed by atoms with van der Waals surface area (Å²) in [7, 11) is 0. The molecule has 0 saturated heterocycles. The summed E-state index contributed by atoms with van der Waals surface area (Å²) in [5, 5.41) is 19.2. The highest BCUT2D eigenvalue weighted by molar-refractivity contribution is 7.08. The molecular weight excluding hydrogens is 286 g/mol. The van der Waals surface area contributed by atoms with Crippen molar-refractivity contribution in [1.29, 1.82) is 0 Å². The number of thiophene rings is 1. The summed E-state index contributed by atoms with van der Waals surface area (Å²) in [6.07, 6.45) is 0. The van der Waals surface area contributed by atoms with Crippen LogP contribution in [0.3, 0.4) is 0 Å². The normalized spacial score (nSPS) is 11.6. The first-order valence-electron chi connectivity index (χ1n) is 6.64. The predicted octanol–water partition coefficient (Wildman–Crippen LogP) is 2.32. The number of amidine groups is 1. The van der Waals surface area contributed by atoms with Crippen LogP contribution in [-0.2, 0) is 6.54 Å². The SMILES string of the molecule is Cc1cscc1CNCCOc1ccc(/C(N)=N/O)cc1. The summed E-state index contributed by atoms with van der Waals surface area (Å²) >= 11 is 1.72. The van der Waals surface area contributed by atoms with Gasteiger partial charge in [-0.05, 0) is 53.1 Å². The number of rotatable bonds is 7. The summed E-state index contributed by atoms with van der Waals surface area (Å²) in [5.74, 6) is 0.854. The Balaban J connectivity index is 1.70. The molecule has 1 aromatic heterocycles. The van der Waals surface area contributed by atoms with Crippen LogP contribution in [0.2, 0.25) is 0 Å². The number of benzene rings is 1. The summed E-state index contributed by atoms with van der Waals surface area (Å²) in [6.45, 7) is 4.34. The van der Waals surface area contributed by atoms with Gasteiger partial charge in [-0.25, -0.2) is 0 Å². The fourth-order valence-electron chi connectivity index (χ4n) is 1.81. The van der Waals surface area contributed by atoms with Crippen LogP contribution in [0, 0.1) is 6.92 Å². The van der Waals surface area contributed by atoms with E-state index in [4.69, 9.17) is 15.7 Å². The average molecular weight is 305 g/mol. The minimum absolute atomic E-state index is 0.0920. The minimum Gasteiger partial charge on any atom is -0.492 e. The molecule has 2 rings (SSSR count). The molecule has 0 bridgehead atoms. The first-order valence-corrected chi connectivity index (χ1v) is 7.58. The lowest BCUT2D eigenvalue weighted by Gasteiger charge is -2.08. The number of hydrogen-bond acceptors (Lipinski definition) is 5. The Kier molecular flexibility index (Phi) is 5.59. The highest BCUT2D eigenvalue weighted by atomic mass is 32.1. The Bertz CT molecular complexity index is 593. The number of ether oxygens (including phenoxy) is 1. The molecule has 0 spiro atoms. The fourth-order valence-corrected chi connectivity index (χ4v) is 2.67. The van der Waals surface area contributed by atoms with Crippen LogP contribution in [-0.4, -0.2) is 24.2 Å². The van der Waals surface area contributed by atoms with Crippen LogP contribution in [0.25, 0.3) is 0 Å². The van der Waals surface area contributed by atoms with E-state index in [1.807, 2.05) is 0 Å². The van der Waals surface area contributed by atoms with Gasteiger partial charge >= 0.3 is 0 Å². The van der Waals surface area contributed by atoms with Crippen molar-refractivity contribution in [3.63, 3.8) is 0 Å². The maximum Gasteiger partial charge on any atom is 0.170 e. The average Bonchev–Trinajstić information content (AvgIpc) is 2.92. The zero-order valence-corrected chi connectivity index (χ0v) is 12.7. The van der Waals surface area contributed by atoms with E-state index < -0.39 is 0 Å². The maximum atomic E-state index is 8.58. The second kappa shape index (κ2) is 7.66. The second-order valence-electron chi connectivity index (χ2n) is 4.61. The molecule has 21 heavy (non-hydrogen) atoms. The van der Waals surface area contributed by atoms with Gasteiger partial charge in [0.1, 0.15) is 12.4 Å². The molecule has 1 aromatic carbocycles. The summed E-state index contributed by atoms with van der Waals surface area (Å²) in [6, 6.07) is 7.12. The molecule has 0 aliphatic carbocycles. The topological polar surface area (TPSA) is 79.9 Å². The lowest BCUT2D eigenvalue weighted by atomic mass is 10.2. The van der Waals surface area contributed by atoms with Gasteiger partial charge in [0, 0.05) is 18.7 Å². The van der Waals surface area contributed by atoms with Crippen molar-refractivity contribution >= 4 is 17.2 Å². The lowest BCUT2D eigenvalue weighted by molar-refractivity contribution is 0.313. The van der Waals surface area contributed by atoms with Gasteiger partial charge in [0.2, 0.25) is 0 Å². The molecule has 4 N–H and O–H groups in total. The molecular formula is C15H19N3O2S. The van der Waals surface area contributed by atoms with Crippen LogP contribution >= 0.6 is 11.3 Å². The molecule has 0 amide bonds. The largest absolute Gasteiger partial charge is 0.492 e. The van der Waals surface area contributed by atoms with Crippen molar-refractivity contribution in [3.8, 4) is 5.75 Å².